The number of thioether (sulfide) groups is 1. The molecule has 1 aromatic carbocycles. The average Bonchev–Trinajstić information content (AvgIpc) is 2.66. The molecule has 2 aromatic rings. The zero-order valence-electron chi connectivity index (χ0n) is 15.5. The predicted octanol–water partition coefficient (Wildman–Crippen LogP) is 3.78. The second-order valence-corrected chi connectivity index (χ2v) is 6.32. The van der Waals surface area contributed by atoms with Gasteiger partial charge in [0.05, 0.1) is 25.7 Å². The first-order valence-corrected chi connectivity index (χ1v) is 9.36. The van der Waals surface area contributed by atoms with E-state index in [1.807, 2.05) is 13.2 Å². The Kier molecular flexibility index (Phi) is 7.06. The Morgan fingerprint density at radius 3 is 2.70 bits per heavy atom. The van der Waals surface area contributed by atoms with Crippen molar-refractivity contribution in [2.24, 2.45) is 7.05 Å². The molecular weight excluding hydrogens is 371 g/mol. The van der Waals surface area contributed by atoms with Crippen molar-refractivity contribution in [3.8, 4) is 0 Å². The van der Waals surface area contributed by atoms with Crippen LogP contribution in [-0.4, -0.2) is 30.5 Å². The maximum atomic E-state index is 14.4. The number of carbonyl (C=O) groups excluding carboxylic acids is 1. The first kappa shape index (κ1) is 20.6. The standard InChI is InChI=1S/C19H21FN2O4S/c1-5-26-9-8-12-10-16(23)22(2)18(17(12)19(24)25-3)21-15-7-6-13(27-4)11-14(15)20/h6-11,21H,5H2,1-4H3. The van der Waals surface area contributed by atoms with E-state index in [2.05, 4.69) is 5.32 Å². The van der Waals surface area contributed by atoms with Gasteiger partial charge in [0.25, 0.3) is 5.56 Å². The van der Waals surface area contributed by atoms with E-state index >= 15 is 0 Å². The third kappa shape index (κ3) is 4.71. The van der Waals surface area contributed by atoms with Gasteiger partial charge in [-0.3, -0.25) is 9.36 Å². The molecule has 1 aromatic heterocycles. The molecule has 144 valence electrons. The summed E-state index contributed by atoms with van der Waals surface area (Å²) in [7, 11) is 2.72. The van der Waals surface area contributed by atoms with E-state index in [4.69, 9.17) is 9.47 Å². The zero-order chi connectivity index (χ0) is 20.0. The molecule has 0 radical (unpaired) electrons. The Hall–Kier alpha value is -2.74. The van der Waals surface area contributed by atoms with Crippen LogP contribution in [0.15, 0.2) is 40.2 Å². The molecule has 1 heterocycles. The van der Waals surface area contributed by atoms with Crippen LogP contribution in [0, 0.1) is 5.82 Å². The summed E-state index contributed by atoms with van der Waals surface area (Å²) in [5, 5.41) is 2.85. The minimum Gasteiger partial charge on any atom is -0.501 e. The van der Waals surface area contributed by atoms with Crippen molar-refractivity contribution < 1.29 is 18.7 Å². The van der Waals surface area contributed by atoms with Gasteiger partial charge in [-0.15, -0.1) is 11.8 Å². The van der Waals surface area contributed by atoms with Crippen molar-refractivity contribution in [2.75, 3.05) is 25.3 Å². The fraction of sp³-hybridized carbons (Fsp3) is 0.263. The van der Waals surface area contributed by atoms with Crippen LogP contribution in [0.4, 0.5) is 15.9 Å². The quantitative estimate of drug-likeness (QED) is 0.439. The summed E-state index contributed by atoms with van der Waals surface area (Å²) in [6.45, 7) is 2.25. The number of nitrogens with zero attached hydrogens (tertiary/aromatic N) is 1. The summed E-state index contributed by atoms with van der Waals surface area (Å²) in [5.41, 5.74) is 0.173. The van der Waals surface area contributed by atoms with Crippen LogP contribution in [0.2, 0.25) is 0 Å². The summed E-state index contributed by atoms with van der Waals surface area (Å²) >= 11 is 1.41. The van der Waals surface area contributed by atoms with E-state index in [1.165, 1.54) is 55.0 Å². The molecule has 27 heavy (non-hydrogen) atoms. The minimum atomic E-state index is -0.662. The minimum absolute atomic E-state index is 0.101. The molecule has 0 aliphatic heterocycles. The van der Waals surface area contributed by atoms with Gasteiger partial charge in [-0.25, -0.2) is 9.18 Å². The fourth-order valence-corrected chi connectivity index (χ4v) is 2.81. The van der Waals surface area contributed by atoms with Crippen LogP contribution in [0.3, 0.4) is 0 Å². The topological polar surface area (TPSA) is 69.6 Å². The van der Waals surface area contributed by atoms with E-state index in [1.54, 1.807) is 12.1 Å². The summed E-state index contributed by atoms with van der Waals surface area (Å²) in [6, 6.07) is 5.96. The molecule has 0 atom stereocenters. The SMILES string of the molecule is CCOC=Cc1cc(=O)n(C)c(Nc2ccc(SC)cc2F)c1C(=O)OC. The third-order valence-corrected chi connectivity index (χ3v) is 4.53. The number of aromatic nitrogens is 1. The van der Waals surface area contributed by atoms with Crippen LogP contribution in [0.1, 0.15) is 22.8 Å². The van der Waals surface area contributed by atoms with E-state index in [9.17, 15) is 14.0 Å². The maximum Gasteiger partial charge on any atom is 0.342 e. The lowest BCUT2D eigenvalue weighted by Gasteiger charge is -2.17. The predicted molar refractivity (Wildman–Crippen MR) is 105 cm³/mol. The van der Waals surface area contributed by atoms with Gasteiger partial charge in [0.15, 0.2) is 0 Å². The van der Waals surface area contributed by atoms with Crippen molar-refractivity contribution in [1.29, 1.82) is 0 Å². The van der Waals surface area contributed by atoms with E-state index in [-0.39, 0.29) is 22.6 Å². The van der Waals surface area contributed by atoms with Gasteiger partial charge >= 0.3 is 5.97 Å². The highest BCUT2D eigenvalue weighted by Gasteiger charge is 2.21. The van der Waals surface area contributed by atoms with Gasteiger partial charge in [0.2, 0.25) is 0 Å². The van der Waals surface area contributed by atoms with Crippen molar-refractivity contribution in [2.45, 2.75) is 11.8 Å². The molecule has 0 fully saturated rings. The van der Waals surface area contributed by atoms with Crippen molar-refractivity contribution in [3.63, 3.8) is 0 Å². The molecule has 0 bridgehead atoms. The van der Waals surface area contributed by atoms with Crippen LogP contribution in [0.25, 0.3) is 6.08 Å². The molecule has 0 unspecified atom stereocenters. The summed E-state index contributed by atoms with van der Waals surface area (Å²) in [4.78, 5) is 25.5. The molecular formula is C19H21FN2O4S. The number of esters is 1. The molecule has 6 nitrogen and oxygen atoms in total. The molecule has 0 spiro atoms. The number of anilines is 2. The Morgan fingerprint density at radius 1 is 1.37 bits per heavy atom. The van der Waals surface area contributed by atoms with Crippen molar-refractivity contribution >= 4 is 35.3 Å². The van der Waals surface area contributed by atoms with Crippen LogP contribution in [-0.2, 0) is 16.5 Å². The Labute approximate surface area is 161 Å². The van der Waals surface area contributed by atoms with Crippen molar-refractivity contribution in [1.82, 2.24) is 4.57 Å². The first-order valence-electron chi connectivity index (χ1n) is 8.14. The highest BCUT2D eigenvalue weighted by molar-refractivity contribution is 7.98. The number of hydrogen-bond acceptors (Lipinski definition) is 6. The maximum absolute atomic E-state index is 14.4. The summed E-state index contributed by atoms with van der Waals surface area (Å²) in [6.07, 6.45) is 4.73. The lowest BCUT2D eigenvalue weighted by Crippen LogP contribution is -2.24. The Balaban J connectivity index is 2.62. The van der Waals surface area contributed by atoms with Gasteiger partial charge in [0.1, 0.15) is 17.2 Å². The zero-order valence-corrected chi connectivity index (χ0v) is 16.4. The molecule has 1 N–H and O–H groups in total. The smallest absolute Gasteiger partial charge is 0.342 e. The number of nitrogens with one attached hydrogen (secondary N) is 1. The highest BCUT2D eigenvalue weighted by Crippen LogP contribution is 2.28. The second kappa shape index (κ2) is 9.27. The number of ether oxygens (including phenoxy) is 2. The normalized spacial score (nSPS) is 10.9. The van der Waals surface area contributed by atoms with Crippen LogP contribution >= 0.6 is 11.8 Å². The Morgan fingerprint density at radius 2 is 2.11 bits per heavy atom. The monoisotopic (exact) mass is 392 g/mol. The average molecular weight is 392 g/mol. The van der Waals surface area contributed by atoms with E-state index < -0.39 is 11.8 Å². The van der Waals surface area contributed by atoms with E-state index in [0.29, 0.717) is 12.2 Å². The van der Waals surface area contributed by atoms with Crippen LogP contribution < -0.4 is 10.9 Å². The number of pyridine rings is 1. The number of halogens is 1. The Bertz CT molecular complexity index is 925. The molecule has 0 saturated heterocycles. The molecule has 0 aliphatic carbocycles. The molecule has 0 saturated carbocycles. The first-order chi connectivity index (χ1) is 12.9. The largest absolute Gasteiger partial charge is 0.501 e. The summed E-state index contributed by atoms with van der Waals surface area (Å²) < 4.78 is 25.6. The third-order valence-electron chi connectivity index (χ3n) is 3.80. The highest BCUT2D eigenvalue weighted by atomic mass is 32.2. The number of carbonyl (C=O) groups is 1. The van der Waals surface area contributed by atoms with Gasteiger partial charge in [-0.05, 0) is 37.5 Å². The number of methoxy groups -OCH3 is 1. The lowest BCUT2D eigenvalue weighted by molar-refractivity contribution is 0.0601. The summed E-state index contributed by atoms with van der Waals surface area (Å²) in [5.74, 6) is -1.04. The molecule has 8 heteroatoms. The van der Waals surface area contributed by atoms with Gasteiger partial charge < -0.3 is 14.8 Å². The second-order valence-electron chi connectivity index (χ2n) is 5.44. The number of benzene rings is 1. The molecule has 0 aliphatic rings. The molecule has 2 rings (SSSR count). The van der Waals surface area contributed by atoms with Crippen molar-refractivity contribution in [3.05, 3.63) is 57.8 Å². The molecule has 0 amide bonds. The van der Waals surface area contributed by atoms with Crippen LogP contribution in [0.5, 0.6) is 0 Å². The van der Waals surface area contributed by atoms with E-state index in [0.717, 1.165) is 4.90 Å². The number of rotatable bonds is 7. The van der Waals surface area contributed by atoms with Gasteiger partial charge in [-0.2, -0.15) is 0 Å². The lowest BCUT2D eigenvalue weighted by atomic mass is 10.1. The van der Waals surface area contributed by atoms with Gasteiger partial charge in [-0.1, -0.05) is 0 Å². The van der Waals surface area contributed by atoms with Gasteiger partial charge in [0, 0.05) is 23.6 Å². The fourth-order valence-electron chi connectivity index (χ4n) is 2.38. The number of hydrogen-bond donors (Lipinski definition) is 1.